The monoisotopic (exact) mass is 318 g/mol. The molecule has 1 aromatic carbocycles. The largest absolute Gasteiger partial charge is 0.330 e. The van der Waals surface area contributed by atoms with Crippen LogP contribution < -0.4 is 5.73 Å². The van der Waals surface area contributed by atoms with E-state index in [1.807, 2.05) is 0 Å². The lowest BCUT2D eigenvalue weighted by atomic mass is 9.81. The summed E-state index contributed by atoms with van der Waals surface area (Å²) < 4.78 is 23.4. The molecule has 0 spiro atoms. The number of hydrogen-bond donors (Lipinski definition) is 1. The standard InChI is InChI=1S/C12H15ClN2O4S/c13-10-2-1-3-11(15(16)17)9(10)6-12(7-14)4-5-20(18,19)8-12/h1-3H,4-8,14H2. The van der Waals surface area contributed by atoms with Gasteiger partial charge in [0.25, 0.3) is 5.69 Å². The second kappa shape index (κ2) is 5.31. The van der Waals surface area contributed by atoms with Crippen molar-refractivity contribution in [2.24, 2.45) is 11.1 Å². The summed E-state index contributed by atoms with van der Waals surface area (Å²) in [7, 11) is -3.12. The number of nitro benzene ring substituents is 1. The summed E-state index contributed by atoms with van der Waals surface area (Å²) in [6, 6.07) is 4.44. The van der Waals surface area contributed by atoms with Crippen molar-refractivity contribution in [3.8, 4) is 0 Å². The van der Waals surface area contributed by atoms with Gasteiger partial charge in [-0.25, -0.2) is 8.42 Å². The fourth-order valence-electron chi connectivity index (χ4n) is 2.62. The highest BCUT2D eigenvalue weighted by molar-refractivity contribution is 7.91. The summed E-state index contributed by atoms with van der Waals surface area (Å²) in [6.07, 6.45) is 0.618. The normalized spacial score (nSPS) is 24.7. The van der Waals surface area contributed by atoms with Crippen molar-refractivity contribution >= 4 is 27.1 Å². The highest BCUT2D eigenvalue weighted by Gasteiger charge is 2.42. The highest BCUT2D eigenvalue weighted by atomic mass is 35.5. The molecule has 8 heteroatoms. The molecular formula is C12H15ClN2O4S. The van der Waals surface area contributed by atoms with Gasteiger partial charge in [-0.1, -0.05) is 17.7 Å². The highest BCUT2D eigenvalue weighted by Crippen LogP contribution is 2.39. The van der Waals surface area contributed by atoms with Crippen molar-refractivity contribution < 1.29 is 13.3 Å². The number of nitro groups is 1. The van der Waals surface area contributed by atoms with Crippen LogP contribution in [-0.4, -0.2) is 31.4 Å². The molecule has 1 saturated heterocycles. The van der Waals surface area contributed by atoms with Crippen LogP contribution >= 0.6 is 11.6 Å². The molecule has 0 radical (unpaired) electrons. The minimum absolute atomic E-state index is 0.0428. The lowest BCUT2D eigenvalue weighted by Crippen LogP contribution is -2.34. The lowest BCUT2D eigenvalue weighted by molar-refractivity contribution is -0.385. The Labute approximate surface area is 122 Å². The Morgan fingerprint density at radius 1 is 1.45 bits per heavy atom. The second-order valence-electron chi connectivity index (χ2n) is 5.22. The molecule has 20 heavy (non-hydrogen) atoms. The SMILES string of the molecule is NCC1(Cc2c(Cl)cccc2[N+](=O)[O-])CCS(=O)(=O)C1. The van der Waals surface area contributed by atoms with Gasteiger partial charge in [-0.3, -0.25) is 10.1 Å². The quantitative estimate of drug-likeness (QED) is 0.670. The Balaban J connectivity index is 2.41. The Bertz CT molecular complexity index is 647. The zero-order valence-corrected chi connectivity index (χ0v) is 12.3. The van der Waals surface area contributed by atoms with Gasteiger partial charge in [0.2, 0.25) is 0 Å². The minimum atomic E-state index is -3.12. The molecule has 1 aliphatic rings. The third-order valence-electron chi connectivity index (χ3n) is 3.75. The Kier molecular flexibility index (Phi) is 4.04. The predicted molar refractivity (Wildman–Crippen MR) is 76.6 cm³/mol. The zero-order valence-electron chi connectivity index (χ0n) is 10.7. The topological polar surface area (TPSA) is 103 Å². The Morgan fingerprint density at radius 2 is 2.15 bits per heavy atom. The van der Waals surface area contributed by atoms with E-state index in [2.05, 4.69) is 0 Å². The molecule has 1 heterocycles. The first-order valence-electron chi connectivity index (χ1n) is 6.11. The number of nitrogens with two attached hydrogens (primary N) is 1. The third kappa shape index (κ3) is 2.94. The number of benzene rings is 1. The Morgan fingerprint density at radius 3 is 2.65 bits per heavy atom. The third-order valence-corrected chi connectivity index (χ3v) is 5.98. The van der Waals surface area contributed by atoms with E-state index in [0.717, 1.165) is 0 Å². The van der Waals surface area contributed by atoms with E-state index in [1.165, 1.54) is 12.1 Å². The molecular weight excluding hydrogens is 304 g/mol. The van der Waals surface area contributed by atoms with E-state index >= 15 is 0 Å². The molecule has 0 bridgehead atoms. The maximum Gasteiger partial charge on any atom is 0.274 e. The van der Waals surface area contributed by atoms with E-state index < -0.39 is 20.2 Å². The van der Waals surface area contributed by atoms with Crippen molar-refractivity contribution in [3.63, 3.8) is 0 Å². The molecule has 6 nitrogen and oxygen atoms in total. The van der Waals surface area contributed by atoms with Gasteiger partial charge in [-0.15, -0.1) is 0 Å². The first kappa shape index (κ1) is 15.2. The summed E-state index contributed by atoms with van der Waals surface area (Å²) in [6.45, 7) is 0.161. The summed E-state index contributed by atoms with van der Waals surface area (Å²) in [4.78, 5) is 10.6. The van der Waals surface area contributed by atoms with Gasteiger partial charge in [0.15, 0.2) is 9.84 Å². The van der Waals surface area contributed by atoms with Gasteiger partial charge in [-0.2, -0.15) is 0 Å². The predicted octanol–water partition coefficient (Wildman–Crippen LogP) is 1.55. The molecule has 110 valence electrons. The molecule has 1 aromatic rings. The molecule has 1 aliphatic heterocycles. The van der Waals surface area contributed by atoms with E-state index in [4.69, 9.17) is 17.3 Å². The number of nitrogens with zero attached hydrogens (tertiary/aromatic N) is 1. The van der Waals surface area contributed by atoms with Gasteiger partial charge in [0, 0.05) is 17.0 Å². The van der Waals surface area contributed by atoms with Crippen LogP contribution in [0.3, 0.4) is 0 Å². The van der Waals surface area contributed by atoms with Crippen LogP contribution in [0.4, 0.5) is 5.69 Å². The van der Waals surface area contributed by atoms with Crippen molar-refractivity contribution in [1.29, 1.82) is 0 Å². The first-order valence-corrected chi connectivity index (χ1v) is 8.31. The van der Waals surface area contributed by atoms with E-state index in [1.54, 1.807) is 6.07 Å². The molecule has 0 amide bonds. The number of hydrogen-bond acceptors (Lipinski definition) is 5. The van der Waals surface area contributed by atoms with Crippen molar-refractivity contribution in [1.82, 2.24) is 0 Å². The lowest BCUT2D eigenvalue weighted by Gasteiger charge is -2.26. The summed E-state index contributed by atoms with van der Waals surface area (Å²) in [5, 5.41) is 11.3. The fourth-order valence-corrected chi connectivity index (χ4v) is 5.05. The van der Waals surface area contributed by atoms with Gasteiger partial charge in [-0.05, 0) is 25.5 Å². The molecule has 1 unspecified atom stereocenters. The number of halogens is 1. The molecule has 0 aliphatic carbocycles. The molecule has 0 aromatic heterocycles. The molecule has 2 N–H and O–H groups in total. The summed E-state index contributed by atoms with van der Waals surface area (Å²) in [5.74, 6) is 0.0291. The fraction of sp³-hybridized carbons (Fsp3) is 0.500. The van der Waals surface area contributed by atoms with Gasteiger partial charge < -0.3 is 5.73 Å². The summed E-state index contributed by atoms with van der Waals surface area (Å²) in [5.41, 5.74) is 5.35. The second-order valence-corrected chi connectivity index (χ2v) is 7.81. The van der Waals surface area contributed by atoms with Crippen LogP contribution in [0.25, 0.3) is 0 Å². The van der Waals surface area contributed by atoms with Crippen LogP contribution in [0.1, 0.15) is 12.0 Å². The van der Waals surface area contributed by atoms with Crippen molar-refractivity contribution in [3.05, 3.63) is 38.9 Å². The van der Waals surface area contributed by atoms with E-state index in [0.29, 0.717) is 12.0 Å². The smallest absolute Gasteiger partial charge is 0.274 e. The maximum absolute atomic E-state index is 11.7. The van der Waals surface area contributed by atoms with Crippen molar-refractivity contribution in [2.45, 2.75) is 12.8 Å². The maximum atomic E-state index is 11.7. The van der Waals surface area contributed by atoms with Crippen LogP contribution in [0.2, 0.25) is 5.02 Å². The Hall–Kier alpha value is -1.18. The van der Waals surface area contributed by atoms with E-state index in [-0.39, 0.29) is 35.2 Å². The molecule has 2 rings (SSSR count). The first-order chi connectivity index (χ1) is 9.29. The number of sulfone groups is 1. The molecule has 0 saturated carbocycles. The zero-order chi connectivity index (χ0) is 15.0. The van der Waals surface area contributed by atoms with Gasteiger partial charge in [0.05, 0.1) is 21.5 Å². The molecule has 1 atom stereocenters. The number of rotatable bonds is 4. The van der Waals surface area contributed by atoms with E-state index in [9.17, 15) is 18.5 Å². The van der Waals surface area contributed by atoms with Crippen LogP contribution in [0.5, 0.6) is 0 Å². The van der Waals surface area contributed by atoms with Crippen LogP contribution in [-0.2, 0) is 16.3 Å². The minimum Gasteiger partial charge on any atom is -0.330 e. The van der Waals surface area contributed by atoms with Crippen LogP contribution in [0.15, 0.2) is 18.2 Å². The van der Waals surface area contributed by atoms with Crippen molar-refractivity contribution in [2.75, 3.05) is 18.1 Å². The average molecular weight is 319 g/mol. The van der Waals surface area contributed by atoms with Gasteiger partial charge in [0.1, 0.15) is 0 Å². The molecule has 1 fully saturated rings. The van der Waals surface area contributed by atoms with Gasteiger partial charge >= 0.3 is 0 Å². The van der Waals surface area contributed by atoms with Crippen LogP contribution in [0, 0.1) is 15.5 Å². The average Bonchev–Trinajstić information content (AvgIpc) is 2.68. The summed E-state index contributed by atoms with van der Waals surface area (Å²) >= 11 is 6.05.